The molecule has 0 radical (unpaired) electrons. The number of benzene rings is 4. The maximum Gasteiger partial charge on any atom is 3.00 e. The van der Waals surface area contributed by atoms with Gasteiger partial charge in [0.15, 0.2) is 5.65 Å². The molecule has 9 rings (SSSR count). The van der Waals surface area contributed by atoms with E-state index >= 15 is 0 Å². The van der Waals surface area contributed by atoms with Gasteiger partial charge in [0.1, 0.15) is 5.69 Å². The minimum Gasteiger partial charge on any atom is -0.305 e. The molecule has 0 saturated carbocycles. The molecule has 4 aromatic heterocycles. The molecule has 11 nitrogen and oxygen atoms in total. The monoisotopic (exact) mass is 833 g/mol. The van der Waals surface area contributed by atoms with E-state index in [2.05, 4.69) is 37.3 Å². The van der Waals surface area contributed by atoms with Crippen molar-refractivity contribution >= 4 is 22.2 Å². The van der Waals surface area contributed by atoms with Crippen LogP contribution in [0.2, 0.25) is 0 Å². The van der Waals surface area contributed by atoms with Gasteiger partial charge in [-0.3, -0.25) is 9.38 Å². The average molecular weight is 834 g/mol. The molecule has 1 aliphatic heterocycles. The van der Waals surface area contributed by atoms with Crippen LogP contribution in [0, 0.1) is 22.4 Å². The summed E-state index contributed by atoms with van der Waals surface area (Å²) in [6.07, 6.45) is 7.35. The molecule has 0 amide bonds. The van der Waals surface area contributed by atoms with E-state index in [1.54, 1.807) is 18.6 Å². The number of aromatic nitrogens is 6. The van der Waals surface area contributed by atoms with Crippen LogP contribution in [0.3, 0.4) is 0 Å². The number of hydrogen-bond acceptors (Lipinski definition) is 10. The molecule has 272 valence electrons. The van der Waals surface area contributed by atoms with Crippen molar-refractivity contribution in [2.75, 3.05) is 0 Å². The standard InChI is InChI=1S/C20H13N5.2C11H8N.ClHO4.Rh/c1-2-12-25-18-13-15(9-10-16(18)23-24-19(25)8-1)22-17-7-3-5-14-6-4-11-21-20(14)17;2*1-2-6-10(7-3-1)11-8-4-5-9-12-11;2-1(3,4)5;/h1-13H;2*1-6,8-9H;(H,2,3,4,5);/q;2*-1;;+3/p-1. The number of rotatable bonds is 3. The molecule has 1 aliphatic carbocycles. The number of para-hydroxylation sites is 1. The maximum atomic E-state index is 8.49. The van der Waals surface area contributed by atoms with Crippen LogP contribution in [0.15, 0.2) is 181 Å². The molecule has 0 N–H and O–H groups in total. The Morgan fingerprint density at radius 1 is 0.545 bits per heavy atom. The minimum absolute atomic E-state index is 0. The third-order valence-electron chi connectivity index (χ3n) is 7.48. The number of pyridine rings is 4. The first kappa shape index (κ1) is 40.1. The SMILES string of the molecule is [O-][Cl+3]([O-])([O-])[O-].[Rh+3].[c-]1ccccc1-c1ccccn1.[c-]1ccccc1-c1ccccn1.c1cnc2c(N=c3ccc4nnc5ccccn5c-4c3)cccc2c1. The largest absolute Gasteiger partial charge is 3.00 e. The molecule has 0 atom stereocenters. The summed E-state index contributed by atoms with van der Waals surface area (Å²) >= 11 is 0. The zero-order chi connectivity index (χ0) is 37.6. The molecule has 0 bridgehead atoms. The summed E-state index contributed by atoms with van der Waals surface area (Å²) in [7, 11) is -4.94. The second-order valence-corrected chi connectivity index (χ2v) is 11.9. The predicted molar refractivity (Wildman–Crippen MR) is 194 cm³/mol. The molecule has 5 heterocycles. The maximum absolute atomic E-state index is 8.49. The molecule has 55 heavy (non-hydrogen) atoms. The predicted octanol–water partition coefficient (Wildman–Crippen LogP) is 3.95. The van der Waals surface area contributed by atoms with Crippen LogP contribution in [0.25, 0.3) is 50.5 Å². The Hall–Kier alpha value is -6.11. The topological polar surface area (TPSA) is 173 Å². The minimum atomic E-state index is -4.94. The van der Waals surface area contributed by atoms with Crippen molar-refractivity contribution in [3.8, 4) is 33.9 Å². The van der Waals surface area contributed by atoms with E-state index in [4.69, 9.17) is 23.6 Å². The van der Waals surface area contributed by atoms with Crippen molar-refractivity contribution in [1.82, 2.24) is 29.5 Å². The van der Waals surface area contributed by atoms with E-state index in [1.807, 2.05) is 162 Å². The van der Waals surface area contributed by atoms with Gasteiger partial charge in [-0.2, -0.15) is 0 Å². The van der Waals surface area contributed by atoms with Gasteiger partial charge in [-0.25, -0.2) is 23.6 Å². The van der Waals surface area contributed by atoms with Gasteiger partial charge in [0, 0.05) is 30.2 Å². The molecule has 0 saturated heterocycles. The Kier molecular flexibility index (Phi) is 14.4. The second-order valence-electron chi connectivity index (χ2n) is 11.1. The summed E-state index contributed by atoms with van der Waals surface area (Å²) in [5.74, 6) is 0. The van der Waals surface area contributed by atoms with E-state index in [-0.39, 0.29) is 19.5 Å². The van der Waals surface area contributed by atoms with Crippen molar-refractivity contribution < 1.29 is 48.4 Å². The normalized spacial score (nSPS) is 10.9. The van der Waals surface area contributed by atoms with Crippen LogP contribution in [-0.4, -0.2) is 29.5 Å². The van der Waals surface area contributed by atoms with E-state index in [0.29, 0.717) is 0 Å². The third kappa shape index (κ3) is 11.9. The smallest absolute Gasteiger partial charge is 0.305 e. The van der Waals surface area contributed by atoms with Crippen molar-refractivity contribution in [2.24, 2.45) is 4.99 Å². The number of fused-ring (bicyclic) bond motifs is 4. The van der Waals surface area contributed by atoms with Gasteiger partial charge in [0.05, 0.1) is 22.3 Å². The second kappa shape index (κ2) is 19.8. The van der Waals surface area contributed by atoms with Crippen molar-refractivity contribution in [2.45, 2.75) is 0 Å². The van der Waals surface area contributed by atoms with Gasteiger partial charge >= 0.3 is 19.5 Å². The molecule has 7 aromatic rings. The van der Waals surface area contributed by atoms with Crippen molar-refractivity contribution in [3.05, 3.63) is 194 Å². The first-order chi connectivity index (χ1) is 26.3. The Morgan fingerprint density at radius 3 is 1.75 bits per heavy atom. The molecular formula is C42H29ClN7O4Rh. The molecule has 13 heteroatoms. The van der Waals surface area contributed by atoms with Gasteiger partial charge in [-0.1, -0.05) is 48.5 Å². The Labute approximate surface area is 331 Å². The summed E-state index contributed by atoms with van der Waals surface area (Å²) in [6.45, 7) is 0. The van der Waals surface area contributed by atoms with Gasteiger partial charge < -0.3 is 9.97 Å². The van der Waals surface area contributed by atoms with Crippen LogP contribution >= 0.6 is 0 Å². The van der Waals surface area contributed by atoms with Crippen LogP contribution in [0.5, 0.6) is 0 Å². The summed E-state index contributed by atoms with van der Waals surface area (Å²) in [5, 5.41) is 10.5. The fourth-order valence-corrected chi connectivity index (χ4v) is 5.15. The van der Waals surface area contributed by atoms with Gasteiger partial charge in [-0.15, -0.1) is 92.2 Å². The summed E-state index contributed by atoms with van der Waals surface area (Å²) in [5.41, 5.74) is 8.38. The molecule has 0 spiro atoms. The molecule has 0 fully saturated rings. The van der Waals surface area contributed by atoms with Gasteiger partial charge in [0.25, 0.3) is 0 Å². The van der Waals surface area contributed by atoms with Gasteiger partial charge in [0.2, 0.25) is 0 Å². The van der Waals surface area contributed by atoms with Crippen LogP contribution in [-0.2, 0) is 19.5 Å². The quantitative estimate of drug-likeness (QED) is 0.145. The van der Waals surface area contributed by atoms with E-state index < -0.39 is 10.2 Å². The van der Waals surface area contributed by atoms with Crippen LogP contribution in [0.4, 0.5) is 5.69 Å². The van der Waals surface area contributed by atoms with Crippen molar-refractivity contribution in [3.63, 3.8) is 0 Å². The Bertz CT molecular complexity index is 2400. The van der Waals surface area contributed by atoms with Crippen LogP contribution < -0.4 is 24.0 Å². The average Bonchev–Trinajstić information content (AvgIpc) is 3.22. The first-order valence-electron chi connectivity index (χ1n) is 16.3. The van der Waals surface area contributed by atoms with Crippen LogP contribution in [0.1, 0.15) is 0 Å². The Balaban J connectivity index is 0.000000162. The van der Waals surface area contributed by atoms with Crippen molar-refractivity contribution in [1.29, 1.82) is 0 Å². The molecular weight excluding hydrogens is 805 g/mol. The number of nitrogens with zero attached hydrogens (tertiary/aromatic N) is 7. The van der Waals surface area contributed by atoms with E-state index in [9.17, 15) is 0 Å². The third-order valence-corrected chi connectivity index (χ3v) is 7.48. The number of halogens is 1. The summed E-state index contributed by atoms with van der Waals surface area (Å²) in [4.78, 5) is 17.7. The molecule has 0 unspecified atom stereocenters. The fraction of sp³-hybridized carbons (Fsp3) is 0. The summed E-state index contributed by atoms with van der Waals surface area (Å²) < 4.78 is 36.0. The summed E-state index contributed by atoms with van der Waals surface area (Å²) in [6, 6.07) is 55.4. The number of hydrogen-bond donors (Lipinski definition) is 0. The van der Waals surface area contributed by atoms with E-state index in [1.165, 1.54) is 0 Å². The zero-order valence-electron chi connectivity index (χ0n) is 28.7. The van der Waals surface area contributed by atoms with Gasteiger partial charge in [-0.05, 0) is 66.0 Å². The van der Waals surface area contributed by atoms with E-state index in [0.717, 1.165) is 61.5 Å². The first-order valence-corrected chi connectivity index (χ1v) is 17.6. The molecule has 3 aromatic carbocycles. The Morgan fingerprint density at radius 2 is 1.15 bits per heavy atom. The fourth-order valence-electron chi connectivity index (χ4n) is 5.15. The molecule has 2 aliphatic rings. The zero-order valence-corrected chi connectivity index (χ0v) is 31.1.